The highest BCUT2D eigenvalue weighted by Gasteiger charge is 2.20. The van der Waals surface area contributed by atoms with Gasteiger partial charge in [0.05, 0.1) is 7.11 Å². The van der Waals surface area contributed by atoms with Gasteiger partial charge in [0, 0.05) is 37.8 Å². The maximum Gasteiger partial charge on any atom is 0.235 e. The molecule has 0 amide bonds. The Hall–Kier alpha value is -2.78. The quantitative estimate of drug-likeness (QED) is 0.932. The van der Waals surface area contributed by atoms with Crippen LogP contribution >= 0.6 is 0 Å². The number of anilines is 1. The normalized spacial score (nSPS) is 14.9. The van der Waals surface area contributed by atoms with Gasteiger partial charge in [0.15, 0.2) is 0 Å². The number of hydrogen-bond acceptors (Lipinski definition) is 6. The number of aromatic nitrogens is 1. The summed E-state index contributed by atoms with van der Waals surface area (Å²) in [6, 6.07) is 9.79. The summed E-state index contributed by atoms with van der Waals surface area (Å²) in [6.07, 6.45) is 3.62. The average Bonchev–Trinajstić information content (AvgIpc) is 3.04. The molecule has 0 saturated carbocycles. The molecule has 3 rings (SSSR count). The SMILES string of the molecule is COc1ccccc1/C=C/c1nc(C#N)c(N2CCNCC2)o1. The predicted molar refractivity (Wildman–Crippen MR) is 88.2 cm³/mol. The van der Waals surface area contributed by atoms with Crippen molar-refractivity contribution in [2.75, 3.05) is 38.2 Å². The summed E-state index contributed by atoms with van der Waals surface area (Å²) in [6.45, 7) is 3.36. The van der Waals surface area contributed by atoms with Gasteiger partial charge in [-0.05, 0) is 12.1 Å². The molecule has 118 valence electrons. The van der Waals surface area contributed by atoms with Crippen molar-refractivity contribution in [2.45, 2.75) is 0 Å². The van der Waals surface area contributed by atoms with E-state index in [9.17, 15) is 5.26 Å². The van der Waals surface area contributed by atoms with E-state index >= 15 is 0 Å². The molecular weight excluding hydrogens is 292 g/mol. The molecule has 0 spiro atoms. The van der Waals surface area contributed by atoms with Gasteiger partial charge in [0.25, 0.3) is 0 Å². The van der Waals surface area contributed by atoms with Gasteiger partial charge in [-0.15, -0.1) is 0 Å². The highest BCUT2D eigenvalue weighted by molar-refractivity contribution is 5.70. The zero-order valence-electron chi connectivity index (χ0n) is 13.0. The summed E-state index contributed by atoms with van der Waals surface area (Å²) in [4.78, 5) is 6.30. The van der Waals surface area contributed by atoms with Crippen LogP contribution in [0, 0.1) is 11.3 Å². The summed E-state index contributed by atoms with van der Waals surface area (Å²) in [7, 11) is 1.63. The van der Waals surface area contributed by atoms with Crippen LogP contribution in [0.25, 0.3) is 12.2 Å². The van der Waals surface area contributed by atoms with Crippen molar-refractivity contribution < 1.29 is 9.15 Å². The Labute approximate surface area is 135 Å². The van der Waals surface area contributed by atoms with Crippen molar-refractivity contribution in [3.05, 3.63) is 41.4 Å². The maximum atomic E-state index is 9.27. The van der Waals surface area contributed by atoms with Gasteiger partial charge in [-0.25, -0.2) is 0 Å². The van der Waals surface area contributed by atoms with Crippen molar-refractivity contribution in [3.63, 3.8) is 0 Å². The number of nitriles is 1. The number of piperazine rings is 1. The van der Waals surface area contributed by atoms with Gasteiger partial charge < -0.3 is 19.4 Å². The number of nitrogens with one attached hydrogen (secondary N) is 1. The summed E-state index contributed by atoms with van der Waals surface area (Å²) >= 11 is 0. The maximum absolute atomic E-state index is 9.27. The summed E-state index contributed by atoms with van der Waals surface area (Å²) < 4.78 is 11.1. The van der Waals surface area contributed by atoms with E-state index in [2.05, 4.69) is 16.4 Å². The van der Waals surface area contributed by atoms with Crippen molar-refractivity contribution >= 4 is 18.0 Å². The molecule has 2 aromatic rings. The van der Waals surface area contributed by atoms with Crippen LogP contribution in [0.5, 0.6) is 5.75 Å². The third-order valence-corrected chi connectivity index (χ3v) is 3.68. The van der Waals surface area contributed by atoms with E-state index < -0.39 is 0 Å². The minimum Gasteiger partial charge on any atom is -0.496 e. The van der Waals surface area contributed by atoms with Crippen LogP contribution in [0.2, 0.25) is 0 Å². The fraction of sp³-hybridized carbons (Fsp3) is 0.294. The van der Waals surface area contributed by atoms with Crippen LogP contribution in [0.3, 0.4) is 0 Å². The molecule has 23 heavy (non-hydrogen) atoms. The Kier molecular flexibility index (Phi) is 4.60. The summed E-state index contributed by atoms with van der Waals surface area (Å²) in [5.41, 5.74) is 1.25. The van der Waals surface area contributed by atoms with E-state index in [-0.39, 0.29) is 0 Å². The lowest BCUT2D eigenvalue weighted by atomic mass is 10.2. The largest absolute Gasteiger partial charge is 0.496 e. The fourth-order valence-electron chi connectivity index (χ4n) is 2.52. The minimum absolute atomic E-state index is 0.326. The molecule has 2 heterocycles. The lowest BCUT2D eigenvalue weighted by Gasteiger charge is -2.26. The van der Waals surface area contributed by atoms with E-state index in [1.165, 1.54) is 0 Å². The Balaban J connectivity index is 1.85. The summed E-state index contributed by atoms with van der Waals surface area (Å²) in [5.74, 6) is 1.74. The van der Waals surface area contributed by atoms with E-state index in [1.54, 1.807) is 13.2 Å². The van der Waals surface area contributed by atoms with Crippen LogP contribution in [-0.2, 0) is 0 Å². The molecule has 1 saturated heterocycles. The molecule has 1 aliphatic rings. The zero-order valence-corrected chi connectivity index (χ0v) is 13.0. The van der Waals surface area contributed by atoms with Crippen LogP contribution < -0.4 is 15.0 Å². The Bertz CT molecular complexity index is 739. The van der Waals surface area contributed by atoms with E-state index in [4.69, 9.17) is 9.15 Å². The Morgan fingerprint density at radius 2 is 2.09 bits per heavy atom. The summed E-state index contributed by atoms with van der Waals surface area (Å²) in [5, 5.41) is 12.5. The van der Waals surface area contributed by atoms with Crippen molar-refractivity contribution in [2.24, 2.45) is 0 Å². The first-order chi connectivity index (χ1) is 11.3. The van der Waals surface area contributed by atoms with Crippen molar-refractivity contribution in [1.29, 1.82) is 5.26 Å². The molecule has 1 aliphatic heterocycles. The standard InChI is InChI=1S/C17H18N4O2/c1-22-15-5-3-2-4-13(15)6-7-16-20-14(12-18)17(23-16)21-10-8-19-9-11-21/h2-7,19H,8-11H2,1H3/b7-6+. The van der Waals surface area contributed by atoms with Gasteiger partial charge >= 0.3 is 0 Å². The van der Waals surface area contributed by atoms with E-state index in [1.807, 2.05) is 35.2 Å². The van der Waals surface area contributed by atoms with Crippen LogP contribution in [0.4, 0.5) is 5.88 Å². The molecule has 6 nitrogen and oxygen atoms in total. The molecule has 0 bridgehead atoms. The smallest absolute Gasteiger partial charge is 0.235 e. The minimum atomic E-state index is 0.326. The molecular formula is C17H18N4O2. The molecule has 1 fully saturated rings. The van der Waals surface area contributed by atoms with Gasteiger partial charge in [0.2, 0.25) is 17.5 Å². The molecule has 0 aliphatic carbocycles. The highest BCUT2D eigenvalue weighted by Crippen LogP contribution is 2.24. The van der Waals surface area contributed by atoms with Crippen molar-refractivity contribution in [3.8, 4) is 11.8 Å². The molecule has 0 radical (unpaired) electrons. The second-order valence-corrected chi connectivity index (χ2v) is 5.13. The van der Waals surface area contributed by atoms with E-state index in [0.717, 1.165) is 37.5 Å². The third-order valence-electron chi connectivity index (χ3n) is 3.68. The second-order valence-electron chi connectivity index (χ2n) is 5.13. The second kappa shape index (κ2) is 6.99. The number of hydrogen-bond donors (Lipinski definition) is 1. The molecule has 1 aromatic carbocycles. The lowest BCUT2D eigenvalue weighted by molar-refractivity contribution is 0.414. The molecule has 0 unspecified atom stereocenters. The van der Waals surface area contributed by atoms with Crippen molar-refractivity contribution in [1.82, 2.24) is 10.3 Å². The fourth-order valence-corrected chi connectivity index (χ4v) is 2.52. The Morgan fingerprint density at radius 3 is 2.83 bits per heavy atom. The zero-order chi connectivity index (χ0) is 16.1. The van der Waals surface area contributed by atoms with Gasteiger partial charge in [0.1, 0.15) is 11.8 Å². The number of ether oxygens (including phenoxy) is 1. The Morgan fingerprint density at radius 1 is 1.30 bits per heavy atom. The topological polar surface area (TPSA) is 74.3 Å². The van der Waals surface area contributed by atoms with E-state index in [0.29, 0.717) is 17.5 Å². The van der Waals surface area contributed by atoms with Crippen LogP contribution in [0.1, 0.15) is 17.1 Å². The monoisotopic (exact) mass is 310 g/mol. The first-order valence-electron chi connectivity index (χ1n) is 7.49. The molecule has 6 heteroatoms. The van der Waals surface area contributed by atoms with Gasteiger partial charge in [-0.2, -0.15) is 10.2 Å². The van der Waals surface area contributed by atoms with Gasteiger partial charge in [-0.1, -0.05) is 18.2 Å². The van der Waals surface area contributed by atoms with Gasteiger partial charge in [-0.3, -0.25) is 0 Å². The number of methoxy groups -OCH3 is 1. The number of oxazole rings is 1. The average molecular weight is 310 g/mol. The molecule has 1 aromatic heterocycles. The predicted octanol–water partition coefficient (Wildman–Crippen LogP) is 2.13. The highest BCUT2D eigenvalue weighted by atomic mass is 16.5. The molecule has 0 atom stereocenters. The number of para-hydroxylation sites is 1. The number of rotatable bonds is 4. The van der Waals surface area contributed by atoms with Crippen LogP contribution in [0.15, 0.2) is 28.7 Å². The third kappa shape index (κ3) is 3.35. The first kappa shape index (κ1) is 15.1. The number of benzene rings is 1. The lowest BCUT2D eigenvalue weighted by Crippen LogP contribution is -2.43. The van der Waals surface area contributed by atoms with Crippen LogP contribution in [-0.4, -0.2) is 38.3 Å². The number of nitrogens with zero attached hydrogens (tertiary/aromatic N) is 3. The molecule has 1 N–H and O–H groups in total. The first-order valence-corrected chi connectivity index (χ1v) is 7.49.